The van der Waals surface area contributed by atoms with Gasteiger partial charge >= 0.3 is 11.6 Å². The molecule has 0 aliphatic carbocycles. The van der Waals surface area contributed by atoms with Crippen LogP contribution in [0.1, 0.15) is 23.1 Å². The van der Waals surface area contributed by atoms with Gasteiger partial charge in [-0.05, 0) is 37.1 Å². The van der Waals surface area contributed by atoms with Crippen LogP contribution in [0.3, 0.4) is 0 Å². The van der Waals surface area contributed by atoms with Crippen LogP contribution in [0.25, 0.3) is 11.0 Å². The maximum atomic E-state index is 12.4. The molecule has 0 fully saturated rings. The van der Waals surface area contributed by atoms with Gasteiger partial charge in [0.25, 0.3) is 5.69 Å². The monoisotopic (exact) mass is 427 g/mol. The lowest BCUT2D eigenvalue weighted by molar-refractivity contribution is -0.385. The highest BCUT2D eigenvalue weighted by Gasteiger charge is 2.16. The highest BCUT2D eigenvalue weighted by molar-refractivity contribution is 5.82. The third kappa shape index (κ3) is 4.82. The summed E-state index contributed by atoms with van der Waals surface area (Å²) in [7, 11) is 2.94. The fourth-order valence-electron chi connectivity index (χ4n) is 3.24. The largest absolute Gasteiger partial charge is 0.497 e. The first-order valence-electron chi connectivity index (χ1n) is 9.41. The van der Waals surface area contributed by atoms with Gasteiger partial charge in [-0.25, -0.2) is 4.79 Å². The molecule has 31 heavy (non-hydrogen) atoms. The molecule has 9 heteroatoms. The van der Waals surface area contributed by atoms with Crippen molar-refractivity contribution in [1.29, 1.82) is 0 Å². The van der Waals surface area contributed by atoms with Crippen molar-refractivity contribution in [2.24, 2.45) is 0 Å². The quantitative estimate of drug-likeness (QED) is 0.231. The minimum Gasteiger partial charge on any atom is -0.497 e. The van der Waals surface area contributed by atoms with Crippen LogP contribution in [-0.2, 0) is 22.6 Å². The van der Waals surface area contributed by atoms with Gasteiger partial charge in [-0.1, -0.05) is 0 Å². The van der Waals surface area contributed by atoms with E-state index in [0.717, 1.165) is 10.9 Å². The van der Waals surface area contributed by atoms with Gasteiger partial charge in [-0.2, -0.15) is 0 Å². The fourth-order valence-corrected chi connectivity index (χ4v) is 3.24. The van der Waals surface area contributed by atoms with Crippen molar-refractivity contribution in [1.82, 2.24) is 0 Å². The normalized spacial score (nSPS) is 10.7. The Morgan fingerprint density at radius 1 is 1.13 bits per heavy atom. The topological polar surface area (TPSA) is 118 Å². The number of nitro groups is 1. The smallest absolute Gasteiger partial charge is 0.339 e. The lowest BCUT2D eigenvalue weighted by atomic mass is 10.0. The van der Waals surface area contributed by atoms with Gasteiger partial charge in [0.15, 0.2) is 0 Å². The van der Waals surface area contributed by atoms with Crippen LogP contribution in [-0.4, -0.2) is 25.1 Å². The van der Waals surface area contributed by atoms with Crippen molar-refractivity contribution in [3.63, 3.8) is 0 Å². The molecule has 0 aliphatic heterocycles. The molecule has 1 heterocycles. The summed E-state index contributed by atoms with van der Waals surface area (Å²) in [6.07, 6.45) is 0.0888. The van der Waals surface area contributed by atoms with Crippen LogP contribution in [0.2, 0.25) is 0 Å². The fraction of sp³-hybridized carbons (Fsp3) is 0.273. The van der Waals surface area contributed by atoms with E-state index < -0.39 is 16.5 Å². The Bertz CT molecular complexity index is 1200. The molecule has 2 aromatic carbocycles. The second kappa shape index (κ2) is 9.29. The van der Waals surface area contributed by atoms with Gasteiger partial charge in [-0.3, -0.25) is 14.9 Å². The maximum Gasteiger partial charge on any atom is 0.339 e. The molecule has 9 nitrogen and oxygen atoms in total. The second-order valence-corrected chi connectivity index (χ2v) is 6.77. The molecule has 0 amide bonds. The predicted molar refractivity (Wildman–Crippen MR) is 112 cm³/mol. The highest BCUT2D eigenvalue weighted by Crippen LogP contribution is 2.26. The average Bonchev–Trinajstić information content (AvgIpc) is 2.76. The number of carbonyl (C=O) groups is 1. The van der Waals surface area contributed by atoms with E-state index in [1.807, 2.05) is 0 Å². The lowest BCUT2D eigenvalue weighted by Crippen LogP contribution is -2.14. The minimum absolute atomic E-state index is 0.0511. The van der Waals surface area contributed by atoms with Crippen LogP contribution in [0.5, 0.6) is 11.5 Å². The van der Waals surface area contributed by atoms with Crippen molar-refractivity contribution >= 4 is 22.6 Å². The number of methoxy groups -OCH3 is 2. The number of benzene rings is 2. The van der Waals surface area contributed by atoms with Crippen LogP contribution < -0.4 is 15.1 Å². The van der Waals surface area contributed by atoms with Gasteiger partial charge in [-0.15, -0.1) is 0 Å². The number of non-ortho nitro benzene ring substituents is 1. The number of esters is 1. The maximum absolute atomic E-state index is 12.4. The molecule has 0 saturated carbocycles. The predicted octanol–water partition coefficient (Wildman–Crippen LogP) is 3.70. The summed E-state index contributed by atoms with van der Waals surface area (Å²) in [5, 5.41) is 11.7. The number of nitro benzene ring substituents is 1. The van der Waals surface area contributed by atoms with Gasteiger partial charge in [0.1, 0.15) is 23.7 Å². The number of fused-ring (bicyclic) bond motifs is 1. The van der Waals surface area contributed by atoms with Gasteiger partial charge in [0.2, 0.25) is 0 Å². The molecule has 3 aromatic rings. The molecular formula is C22H21NO8. The lowest BCUT2D eigenvalue weighted by Gasteiger charge is -2.10. The molecule has 0 bridgehead atoms. The summed E-state index contributed by atoms with van der Waals surface area (Å²) < 4.78 is 20.9. The van der Waals surface area contributed by atoms with Crippen LogP contribution in [0.4, 0.5) is 5.69 Å². The average molecular weight is 427 g/mol. The molecule has 0 unspecified atom stereocenters. The van der Waals surface area contributed by atoms with Crippen molar-refractivity contribution in [3.8, 4) is 11.5 Å². The molecule has 0 radical (unpaired) electrons. The number of aryl methyl sites for hydroxylation is 1. The van der Waals surface area contributed by atoms with Crippen molar-refractivity contribution in [3.05, 3.63) is 73.6 Å². The van der Waals surface area contributed by atoms with Gasteiger partial charge < -0.3 is 18.6 Å². The molecule has 0 spiro atoms. The summed E-state index contributed by atoms with van der Waals surface area (Å²) in [5.74, 6) is 0.394. The zero-order valence-electron chi connectivity index (χ0n) is 17.3. The SMILES string of the molecule is COc1ccc2c(C)c(CCC(=O)OCc3cc([N+](=O)[O-])ccc3OC)c(=O)oc2c1. The molecule has 0 aliphatic rings. The molecule has 0 saturated heterocycles. The number of hydrogen-bond donors (Lipinski definition) is 0. The zero-order valence-corrected chi connectivity index (χ0v) is 17.3. The number of carbonyl (C=O) groups excluding carboxylic acids is 1. The molecule has 3 rings (SSSR count). The van der Waals surface area contributed by atoms with Gasteiger partial charge in [0, 0.05) is 41.1 Å². The first kappa shape index (κ1) is 21.8. The summed E-state index contributed by atoms with van der Waals surface area (Å²) >= 11 is 0. The number of nitrogens with zero attached hydrogens (tertiary/aromatic N) is 1. The Balaban J connectivity index is 1.70. The van der Waals surface area contributed by atoms with Crippen LogP contribution in [0.15, 0.2) is 45.6 Å². The molecule has 1 aromatic heterocycles. The van der Waals surface area contributed by atoms with E-state index in [4.69, 9.17) is 18.6 Å². The van der Waals surface area contributed by atoms with Crippen molar-refractivity contribution in [2.45, 2.75) is 26.4 Å². The number of ether oxygens (including phenoxy) is 3. The summed E-state index contributed by atoms with van der Waals surface area (Å²) in [5.41, 5.74) is 1.25. The summed E-state index contributed by atoms with van der Waals surface area (Å²) in [6.45, 7) is 1.61. The first-order chi connectivity index (χ1) is 14.8. The Morgan fingerprint density at radius 2 is 1.90 bits per heavy atom. The molecule has 0 atom stereocenters. The van der Waals surface area contributed by atoms with Gasteiger partial charge in [0.05, 0.1) is 19.1 Å². The minimum atomic E-state index is -0.554. The van der Waals surface area contributed by atoms with E-state index in [-0.39, 0.29) is 25.1 Å². The molecule has 162 valence electrons. The Labute approximate surface area is 177 Å². The molecular weight excluding hydrogens is 406 g/mol. The first-order valence-corrected chi connectivity index (χ1v) is 9.41. The number of rotatable bonds is 8. The highest BCUT2D eigenvalue weighted by atomic mass is 16.6. The van der Waals surface area contributed by atoms with E-state index in [1.165, 1.54) is 32.4 Å². The Hall–Kier alpha value is -3.88. The van der Waals surface area contributed by atoms with E-state index >= 15 is 0 Å². The Morgan fingerprint density at radius 3 is 2.58 bits per heavy atom. The van der Waals surface area contributed by atoms with Crippen LogP contribution >= 0.6 is 0 Å². The zero-order chi connectivity index (χ0) is 22.5. The summed E-state index contributed by atoms with van der Waals surface area (Å²) in [6, 6.07) is 9.24. The Kier molecular flexibility index (Phi) is 6.54. The third-order valence-electron chi connectivity index (χ3n) is 4.94. The standard InChI is InChI=1S/C22H21NO8/c1-13-17-6-5-16(28-2)11-20(17)31-22(25)18(13)7-9-21(24)30-12-14-10-15(23(26)27)4-8-19(14)29-3/h4-6,8,10-11H,7,9,12H2,1-3H3. The third-order valence-corrected chi connectivity index (χ3v) is 4.94. The van der Waals surface area contributed by atoms with E-state index in [0.29, 0.717) is 28.2 Å². The van der Waals surface area contributed by atoms with Crippen molar-refractivity contribution < 1.29 is 28.3 Å². The summed E-state index contributed by atoms with van der Waals surface area (Å²) in [4.78, 5) is 35.0. The van der Waals surface area contributed by atoms with Crippen molar-refractivity contribution in [2.75, 3.05) is 14.2 Å². The van der Waals surface area contributed by atoms with Crippen LogP contribution in [0, 0.1) is 17.0 Å². The van der Waals surface area contributed by atoms with E-state index in [1.54, 1.807) is 25.1 Å². The van der Waals surface area contributed by atoms with E-state index in [9.17, 15) is 19.7 Å². The van der Waals surface area contributed by atoms with E-state index in [2.05, 4.69) is 0 Å². The number of hydrogen-bond acceptors (Lipinski definition) is 8. The molecule has 0 N–H and O–H groups in total. The second-order valence-electron chi connectivity index (χ2n) is 6.77.